The number of rotatable bonds is 3. The topological polar surface area (TPSA) is 31.6 Å². The predicted molar refractivity (Wildman–Crippen MR) is 86.8 cm³/mol. The van der Waals surface area contributed by atoms with Crippen LogP contribution in [0, 0.1) is 0 Å². The van der Waals surface area contributed by atoms with E-state index in [9.17, 15) is 5.11 Å². The Morgan fingerprint density at radius 3 is 2.52 bits per heavy atom. The molecule has 4 heteroatoms. The summed E-state index contributed by atoms with van der Waals surface area (Å²) in [6.45, 7) is 9.72. The Bertz CT molecular complexity index is 624. The minimum absolute atomic E-state index is 0.399. The Morgan fingerprint density at radius 1 is 1.14 bits per heavy atom. The molecule has 1 saturated heterocycles. The van der Waals surface area contributed by atoms with Gasteiger partial charge in [-0.2, -0.15) is 0 Å². The minimum atomic E-state index is 0.399. The number of fused-ring (bicyclic) bond motifs is 1. The first-order chi connectivity index (χ1) is 10.1. The average Bonchev–Trinajstić information content (AvgIpc) is 2.82. The number of likely N-dealkylation sites (N-methyl/N-ethyl adjacent to an activating group) is 1. The number of phenols is 1. The molecule has 1 fully saturated rings. The molecule has 0 amide bonds. The van der Waals surface area contributed by atoms with Crippen molar-refractivity contribution in [1.29, 1.82) is 0 Å². The van der Waals surface area contributed by atoms with Crippen LogP contribution in [0.25, 0.3) is 10.9 Å². The van der Waals surface area contributed by atoms with E-state index in [1.165, 1.54) is 5.56 Å². The van der Waals surface area contributed by atoms with Crippen molar-refractivity contribution in [3.63, 3.8) is 0 Å². The number of benzene rings is 1. The molecule has 0 spiro atoms. The molecule has 0 radical (unpaired) electrons. The molecule has 0 atom stereocenters. The minimum Gasteiger partial charge on any atom is -0.507 e. The first-order valence-electron chi connectivity index (χ1n) is 7.78. The smallest absolute Gasteiger partial charge is 0.125 e. The highest BCUT2D eigenvalue weighted by atomic mass is 16.3. The maximum Gasteiger partial charge on any atom is 0.125 e. The largest absolute Gasteiger partial charge is 0.507 e. The molecular weight excluding hydrogens is 262 g/mol. The van der Waals surface area contributed by atoms with Gasteiger partial charge in [0.2, 0.25) is 0 Å². The summed E-state index contributed by atoms with van der Waals surface area (Å²) in [5.74, 6) is 0.399. The summed E-state index contributed by atoms with van der Waals surface area (Å²) in [4.78, 5) is 4.84. The second-order valence-electron chi connectivity index (χ2n) is 6.41. The van der Waals surface area contributed by atoms with Crippen LogP contribution in [0.3, 0.4) is 0 Å². The molecule has 3 rings (SSSR count). The molecule has 0 bridgehead atoms. The molecule has 0 saturated carbocycles. The maximum atomic E-state index is 10.3. The van der Waals surface area contributed by atoms with Crippen molar-refractivity contribution in [3.05, 3.63) is 30.0 Å². The number of aromatic hydroxyl groups is 1. The molecule has 1 aliphatic rings. The van der Waals surface area contributed by atoms with Crippen LogP contribution in [-0.2, 0) is 6.54 Å². The maximum absolute atomic E-state index is 10.3. The Labute approximate surface area is 126 Å². The fourth-order valence-corrected chi connectivity index (χ4v) is 3.17. The van der Waals surface area contributed by atoms with Gasteiger partial charge < -0.3 is 14.6 Å². The average molecular weight is 287 g/mol. The number of phenolic OH excluding ortho intramolecular Hbond substituents is 1. The Hall–Kier alpha value is -1.52. The van der Waals surface area contributed by atoms with Crippen molar-refractivity contribution in [3.8, 4) is 5.75 Å². The summed E-state index contributed by atoms with van der Waals surface area (Å²) < 4.78 is 2.26. The van der Waals surface area contributed by atoms with Gasteiger partial charge in [0.05, 0.1) is 5.52 Å². The molecule has 2 aromatic rings. The van der Waals surface area contributed by atoms with Gasteiger partial charge in [0.1, 0.15) is 5.75 Å². The first-order valence-corrected chi connectivity index (χ1v) is 7.78. The van der Waals surface area contributed by atoms with E-state index in [2.05, 4.69) is 47.5 Å². The van der Waals surface area contributed by atoms with Crippen LogP contribution in [-0.4, -0.2) is 52.7 Å². The number of nitrogens with zero attached hydrogens (tertiary/aromatic N) is 3. The fourth-order valence-electron chi connectivity index (χ4n) is 3.17. The van der Waals surface area contributed by atoms with E-state index < -0.39 is 0 Å². The van der Waals surface area contributed by atoms with Gasteiger partial charge in [-0.1, -0.05) is 6.07 Å². The molecule has 0 aliphatic carbocycles. The van der Waals surface area contributed by atoms with E-state index in [1.807, 2.05) is 6.07 Å². The molecule has 1 N–H and O–H groups in total. The van der Waals surface area contributed by atoms with Crippen molar-refractivity contribution >= 4 is 10.9 Å². The van der Waals surface area contributed by atoms with E-state index in [0.717, 1.165) is 43.6 Å². The van der Waals surface area contributed by atoms with Gasteiger partial charge >= 0.3 is 0 Å². The molecule has 1 aliphatic heterocycles. The zero-order valence-corrected chi connectivity index (χ0v) is 13.2. The lowest BCUT2D eigenvalue weighted by Gasteiger charge is -2.32. The van der Waals surface area contributed by atoms with Crippen molar-refractivity contribution in [1.82, 2.24) is 14.4 Å². The second kappa shape index (κ2) is 5.70. The third kappa shape index (κ3) is 2.78. The van der Waals surface area contributed by atoms with E-state index >= 15 is 0 Å². The first kappa shape index (κ1) is 14.4. The molecule has 0 unspecified atom stereocenters. The summed E-state index contributed by atoms with van der Waals surface area (Å²) in [5.41, 5.74) is 2.37. The number of aromatic nitrogens is 1. The van der Waals surface area contributed by atoms with Crippen LogP contribution >= 0.6 is 0 Å². The van der Waals surface area contributed by atoms with Gasteiger partial charge in [-0.15, -0.1) is 0 Å². The van der Waals surface area contributed by atoms with Gasteiger partial charge in [0, 0.05) is 50.3 Å². The van der Waals surface area contributed by atoms with Crippen molar-refractivity contribution < 1.29 is 5.11 Å². The summed E-state index contributed by atoms with van der Waals surface area (Å²) in [7, 11) is 2.17. The number of hydrogen-bond donors (Lipinski definition) is 1. The summed E-state index contributed by atoms with van der Waals surface area (Å²) >= 11 is 0. The van der Waals surface area contributed by atoms with Crippen molar-refractivity contribution in [2.45, 2.75) is 26.4 Å². The zero-order valence-electron chi connectivity index (χ0n) is 13.2. The molecular formula is C17H25N3O. The van der Waals surface area contributed by atoms with Crippen LogP contribution in [0.15, 0.2) is 24.4 Å². The van der Waals surface area contributed by atoms with Crippen LogP contribution in [0.1, 0.15) is 25.5 Å². The quantitative estimate of drug-likeness (QED) is 0.942. The van der Waals surface area contributed by atoms with Crippen molar-refractivity contribution in [2.75, 3.05) is 33.2 Å². The van der Waals surface area contributed by atoms with Gasteiger partial charge in [-0.3, -0.25) is 4.90 Å². The second-order valence-corrected chi connectivity index (χ2v) is 6.41. The molecule has 114 valence electrons. The summed E-state index contributed by atoms with van der Waals surface area (Å²) in [6.07, 6.45) is 2.22. The Balaban J connectivity index is 1.94. The highest BCUT2D eigenvalue weighted by Crippen LogP contribution is 2.32. The SMILES string of the molecule is CC(C)n1cc(CN2CCN(C)CC2)c2c(O)cccc21. The van der Waals surface area contributed by atoms with Crippen molar-refractivity contribution in [2.24, 2.45) is 0 Å². The van der Waals surface area contributed by atoms with Crippen LogP contribution in [0.5, 0.6) is 5.75 Å². The van der Waals surface area contributed by atoms with Gasteiger partial charge in [-0.25, -0.2) is 0 Å². The van der Waals surface area contributed by atoms with Crippen LogP contribution in [0.2, 0.25) is 0 Å². The highest BCUT2D eigenvalue weighted by Gasteiger charge is 2.18. The molecule has 1 aromatic carbocycles. The predicted octanol–water partition coefficient (Wildman–Crippen LogP) is 2.68. The Morgan fingerprint density at radius 2 is 1.86 bits per heavy atom. The summed E-state index contributed by atoms with van der Waals surface area (Å²) in [5, 5.41) is 11.3. The normalized spacial score (nSPS) is 17.9. The molecule has 21 heavy (non-hydrogen) atoms. The van der Waals surface area contributed by atoms with Gasteiger partial charge in [0.15, 0.2) is 0 Å². The zero-order chi connectivity index (χ0) is 15.0. The van der Waals surface area contributed by atoms with E-state index in [4.69, 9.17) is 0 Å². The van der Waals surface area contributed by atoms with Crippen LogP contribution < -0.4 is 0 Å². The van der Waals surface area contributed by atoms with E-state index in [0.29, 0.717) is 11.8 Å². The van der Waals surface area contributed by atoms with Gasteiger partial charge in [0.25, 0.3) is 0 Å². The van der Waals surface area contributed by atoms with E-state index in [-0.39, 0.29) is 0 Å². The highest BCUT2D eigenvalue weighted by molar-refractivity contribution is 5.89. The lowest BCUT2D eigenvalue weighted by Crippen LogP contribution is -2.43. The van der Waals surface area contributed by atoms with E-state index in [1.54, 1.807) is 6.07 Å². The monoisotopic (exact) mass is 287 g/mol. The third-order valence-electron chi connectivity index (χ3n) is 4.46. The molecule has 2 heterocycles. The number of piperazine rings is 1. The molecule has 4 nitrogen and oxygen atoms in total. The van der Waals surface area contributed by atoms with Gasteiger partial charge in [-0.05, 0) is 38.6 Å². The lowest BCUT2D eigenvalue weighted by molar-refractivity contribution is 0.148. The molecule has 1 aromatic heterocycles. The summed E-state index contributed by atoms with van der Waals surface area (Å²) in [6, 6.07) is 6.22. The third-order valence-corrected chi connectivity index (χ3v) is 4.46. The fraction of sp³-hybridized carbons (Fsp3) is 0.529. The van der Waals surface area contributed by atoms with Crippen LogP contribution in [0.4, 0.5) is 0 Å². The lowest BCUT2D eigenvalue weighted by atomic mass is 10.1. The Kier molecular flexibility index (Phi) is 3.91. The standard InChI is InChI=1S/C17H25N3O/c1-13(2)20-12-14(11-19-9-7-18(3)8-10-19)17-15(20)5-4-6-16(17)21/h4-6,12-13,21H,7-11H2,1-3H3. The number of hydrogen-bond acceptors (Lipinski definition) is 3.